The van der Waals surface area contributed by atoms with Gasteiger partial charge in [-0.1, -0.05) is 30.4 Å². The number of ether oxygens (including phenoxy) is 1. The van der Waals surface area contributed by atoms with Gasteiger partial charge in [-0.25, -0.2) is 4.79 Å². The number of esters is 1. The van der Waals surface area contributed by atoms with Crippen LogP contribution in [0.1, 0.15) is 21.5 Å². The Hall–Kier alpha value is -2.95. The molecule has 0 heterocycles. The maximum atomic E-state index is 11.6. The first kappa shape index (κ1) is 14.5. The van der Waals surface area contributed by atoms with E-state index >= 15 is 0 Å². The van der Waals surface area contributed by atoms with Crippen molar-refractivity contribution >= 4 is 23.8 Å². The molecule has 21 heavy (non-hydrogen) atoms. The van der Waals surface area contributed by atoms with Gasteiger partial charge in [-0.05, 0) is 29.3 Å². The zero-order valence-electron chi connectivity index (χ0n) is 11.4. The van der Waals surface area contributed by atoms with Gasteiger partial charge in [0, 0.05) is 12.1 Å². The first-order valence-electron chi connectivity index (χ1n) is 6.21. The molecule has 0 aliphatic carbocycles. The Morgan fingerprint density at radius 2 is 1.76 bits per heavy atom. The summed E-state index contributed by atoms with van der Waals surface area (Å²) in [5.74, 6) is -0.404. The van der Waals surface area contributed by atoms with Crippen LogP contribution in [-0.2, 0) is 4.74 Å². The predicted molar refractivity (Wildman–Crippen MR) is 79.8 cm³/mol. The summed E-state index contributed by atoms with van der Waals surface area (Å²) in [5.41, 5.74) is 2.04. The Bertz CT molecular complexity index is 690. The van der Waals surface area contributed by atoms with Crippen molar-refractivity contribution in [1.82, 2.24) is 0 Å². The third-order valence-corrected chi connectivity index (χ3v) is 2.93. The van der Waals surface area contributed by atoms with Gasteiger partial charge in [-0.3, -0.25) is 10.1 Å². The van der Waals surface area contributed by atoms with E-state index in [9.17, 15) is 14.9 Å². The molecule has 0 unspecified atom stereocenters. The monoisotopic (exact) mass is 283 g/mol. The number of hydrogen-bond acceptors (Lipinski definition) is 4. The van der Waals surface area contributed by atoms with E-state index in [0.717, 1.165) is 11.1 Å². The third-order valence-electron chi connectivity index (χ3n) is 2.93. The molecule has 2 rings (SSSR count). The van der Waals surface area contributed by atoms with Crippen molar-refractivity contribution in [3.05, 3.63) is 75.3 Å². The molecule has 0 aromatic heterocycles. The molecule has 0 N–H and O–H groups in total. The van der Waals surface area contributed by atoms with Crippen LogP contribution in [0.2, 0.25) is 0 Å². The van der Waals surface area contributed by atoms with Crippen LogP contribution in [0, 0.1) is 10.1 Å². The molecule has 0 atom stereocenters. The zero-order valence-corrected chi connectivity index (χ0v) is 11.4. The van der Waals surface area contributed by atoms with E-state index in [1.807, 2.05) is 6.07 Å². The predicted octanol–water partition coefficient (Wildman–Crippen LogP) is 3.55. The van der Waals surface area contributed by atoms with Gasteiger partial charge in [-0.2, -0.15) is 0 Å². The Morgan fingerprint density at radius 1 is 1.10 bits per heavy atom. The van der Waals surface area contributed by atoms with Crippen molar-refractivity contribution < 1.29 is 14.5 Å². The fraction of sp³-hybridized carbons (Fsp3) is 0.0625. The van der Waals surface area contributed by atoms with E-state index < -0.39 is 10.9 Å². The Kier molecular flexibility index (Phi) is 4.46. The van der Waals surface area contributed by atoms with E-state index in [0.29, 0.717) is 5.56 Å². The lowest BCUT2D eigenvalue weighted by molar-refractivity contribution is -0.384. The number of hydrogen-bond donors (Lipinski definition) is 0. The summed E-state index contributed by atoms with van der Waals surface area (Å²) in [7, 11) is 1.33. The van der Waals surface area contributed by atoms with Gasteiger partial charge in [-0.15, -0.1) is 0 Å². The van der Waals surface area contributed by atoms with Crippen LogP contribution in [0.25, 0.3) is 12.2 Å². The Morgan fingerprint density at radius 3 is 2.38 bits per heavy atom. The number of benzene rings is 2. The van der Waals surface area contributed by atoms with Crippen LogP contribution in [0.15, 0.2) is 48.5 Å². The fourth-order valence-electron chi connectivity index (χ4n) is 1.83. The first-order valence-corrected chi connectivity index (χ1v) is 6.21. The minimum Gasteiger partial charge on any atom is -0.465 e. The number of methoxy groups -OCH3 is 1. The SMILES string of the molecule is COC(=O)c1ccccc1C=Cc1ccc([N+](=O)[O-])cc1. The summed E-state index contributed by atoms with van der Waals surface area (Å²) in [6.07, 6.45) is 3.55. The van der Waals surface area contributed by atoms with Gasteiger partial charge in [0.2, 0.25) is 0 Å². The van der Waals surface area contributed by atoms with Gasteiger partial charge >= 0.3 is 5.97 Å². The quantitative estimate of drug-likeness (QED) is 0.372. The molecule has 0 saturated heterocycles. The smallest absolute Gasteiger partial charge is 0.338 e. The molecular weight excluding hydrogens is 270 g/mol. The Balaban J connectivity index is 2.25. The van der Waals surface area contributed by atoms with Crippen LogP contribution in [0.4, 0.5) is 5.69 Å². The molecule has 2 aromatic rings. The topological polar surface area (TPSA) is 69.4 Å². The third kappa shape index (κ3) is 3.54. The average Bonchev–Trinajstić information content (AvgIpc) is 2.52. The highest BCUT2D eigenvalue weighted by Crippen LogP contribution is 2.16. The van der Waals surface area contributed by atoms with Crippen molar-refractivity contribution in [2.24, 2.45) is 0 Å². The number of nitro groups is 1. The van der Waals surface area contributed by atoms with Crippen molar-refractivity contribution in [3.8, 4) is 0 Å². The molecule has 0 radical (unpaired) electrons. The van der Waals surface area contributed by atoms with Crippen molar-refractivity contribution in [3.63, 3.8) is 0 Å². The summed E-state index contributed by atoms with van der Waals surface area (Å²) in [4.78, 5) is 21.8. The zero-order chi connectivity index (χ0) is 15.2. The van der Waals surface area contributed by atoms with E-state index in [2.05, 4.69) is 0 Å². The first-order chi connectivity index (χ1) is 10.1. The molecule has 0 spiro atoms. The molecule has 0 saturated carbocycles. The summed E-state index contributed by atoms with van der Waals surface area (Å²) < 4.78 is 4.72. The molecule has 5 heteroatoms. The average molecular weight is 283 g/mol. The number of carbonyl (C=O) groups is 1. The van der Waals surface area contributed by atoms with Gasteiger partial charge in [0.15, 0.2) is 0 Å². The van der Waals surface area contributed by atoms with Gasteiger partial charge in [0.25, 0.3) is 5.69 Å². The summed E-state index contributed by atoms with van der Waals surface area (Å²) in [5, 5.41) is 10.6. The summed E-state index contributed by atoms with van der Waals surface area (Å²) >= 11 is 0. The molecule has 2 aromatic carbocycles. The standard InChI is InChI=1S/C16H13NO4/c1-21-16(18)15-5-3-2-4-13(15)9-6-12-7-10-14(11-8-12)17(19)20/h2-11H,1H3. The minimum absolute atomic E-state index is 0.0436. The summed E-state index contributed by atoms with van der Waals surface area (Å²) in [6, 6.07) is 13.2. The van der Waals surface area contributed by atoms with Crippen LogP contribution in [-0.4, -0.2) is 18.0 Å². The number of nitro benzene ring substituents is 1. The number of non-ortho nitro benzene ring substituents is 1. The lowest BCUT2D eigenvalue weighted by Gasteiger charge is -2.03. The van der Waals surface area contributed by atoms with E-state index in [1.165, 1.54) is 19.2 Å². The van der Waals surface area contributed by atoms with Crippen molar-refractivity contribution in [1.29, 1.82) is 0 Å². The number of nitrogens with zero attached hydrogens (tertiary/aromatic N) is 1. The highest BCUT2D eigenvalue weighted by Gasteiger charge is 2.08. The second kappa shape index (κ2) is 6.47. The normalized spacial score (nSPS) is 10.5. The number of carbonyl (C=O) groups excluding carboxylic acids is 1. The molecule has 106 valence electrons. The van der Waals surface area contributed by atoms with Crippen LogP contribution in [0.5, 0.6) is 0 Å². The number of rotatable bonds is 4. The fourth-order valence-corrected chi connectivity index (χ4v) is 1.83. The van der Waals surface area contributed by atoms with Gasteiger partial charge < -0.3 is 4.74 Å². The second-order valence-corrected chi connectivity index (χ2v) is 4.26. The highest BCUT2D eigenvalue weighted by atomic mass is 16.6. The second-order valence-electron chi connectivity index (χ2n) is 4.26. The van der Waals surface area contributed by atoms with Crippen LogP contribution in [0.3, 0.4) is 0 Å². The maximum Gasteiger partial charge on any atom is 0.338 e. The van der Waals surface area contributed by atoms with Crippen LogP contribution < -0.4 is 0 Å². The van der Waals surface area contributed by atoms with Crippen molar-refractivity contribution in [2.45, 2.75) is 0 Å². The Labute approximate surface area is 121 Å². The molecule has 0 aliphatic rings. The lowest BCUT2D eigenvalue weighted by Crippen LogP contribution is -2.02. The van der Waals surface area contributed by atoms with Gasteiger partial charge in [0.1, 0.15) is 0 Å². The van der Waals surface area contributed by atoms with E-state index in [-0.39, 0.29) is 5.69 Å². The molecule has 0 aliphatic heterocycles. The molecule has 0 amide bonds. The maximum absolute atomic E-state index is 11.6. The van der Waals surface area contributed by atoms with Crippen molar-refractivity contribution in [2.75, 3.05) is 7.11 Å². The van der Waals surface area contributed by atoms with Gasteiger partial charge in [0.05, 0.1) is 17.6 Å². The molecule has 0 fully saturated rings. The largest absolute Gasteiger partial charge is 0.465 e. The molecular formula is C16H13NO4. The highest BCUT2D eigenvalue weighted by molar-refractivity contribution is 5.94. The lowest BCUT2D eigenvalue weighted by atomic mass is 10.1. The molecule has 0 bridgehead atoms. The van der Waals surface area contributed by atoms with E-state index in [1.54, 1.807) is 42.5 Å². The van der Waals surface area contributed by atoms with E-state index in [4.69, 9.17) is 4.74 Å². The minimum atomic E-state index is -0.444. The summed E-state index contributed by atoms with van der Waals surface area (Å²) in [6.45, 7) is 0. The molecule has 5 nitrogen and oxygen atoms in total. The van der Waals surface area contributed by atoms with Crippen LogP contribution >= 0.6 is 0 Å².